The van der Waals surface area contributed by atoms with Crippen molar-refractivity contribution in [3.8, 4) is 5.75 Å². The second-order valence-electron chi connectivity index (χ2n) is 10.6. The van der Waals surface area contributed by atoms with Gasteiger partial charge in [0.15, 0.2) is 0 Å². The van der Waals surface area contributed by atoms with E-state index in [1.807, 2.05) is 0 Å². The molecule has 0 bridgehead atoms. The van der Waals surface area contributed by atoms with Crippen LogP contribution in [-0.4, -0.2) is 83.2 Å². The SMILES string of the molecule is CC(=O)N1CC[C@H]2CC[C@@H](C(=O)N[C@@H](CCC(N)=O)COc3cc(F)cc(CCCC(N)=O)c3Cl)N2C(=O)[C@@H](N)C1. The highest BCUT2D eigenvalue weighted by Crippen LogP contribution is 2.32. The Hall–Kier alpha value is -3.45. The van der Waals surface area contributed by atoms with Crippen LogP contribution in [0.5, 0.6) is 5.75 Å². The number of hydrogen-bond donors (Lipinski definition) is 4. The Morgan fingerprint density at radius 1 is 1.15 bits per heavy atom. The zero-order valence-electron chi connectivity index (χ0n) is 23.1. The number of primary amides is 2. The Balaban J connectivity index is 1.71. The fourth-order valence-corrected chi connectivity index (χ4v) is 5.56. The molecule has 0 unspecified atom stereocenters. The van der Waals surface area contributed by atoms with Crippen LogP contribution in [0.15, 0.2) is 12.1 Å². The molecule has 2 saturated heterocycles. The van der Waals surface area contributed by atoms with Gasteiger partial charge < -0.3 is 37.1 Å². The predicted molar refractivity (Wildman–Crippen MR) is 148 cm³/mol. The van der Waals surface area contributed by atoms with Gasteiger partial charge in [-0.1, -0.05) is 11.6 Å². The first-order chi connectivity index (χ1) is 19.4. The van der Waals surface area contributed by atoms with E-state index in [4.69, 9.17) is 33.5 Å². The first kappa shape index (κ1) is 32.1. The van der Waals surface area contributed by atoms with Crippen LogP contribution in [0.4, 0.5) is 4.39 Å². The van der Waals surface area contributed by atoms with Crippen LogP contribution >= 0.6 is 11.6 Å². The highest BCUT2D eigenvalue weighted by atomic mass is 35.5. The van der Waals surface area contributed by atoms with Crippen LogP contribution in [0.1, 0.15) is 57.4 Å². The minimum Gasteiger partial charge on any atom is -0.490 e. The lowest BCUT2D eigenvalue weighted by Crippen LogP contribution is -2.59. The number of carbonyl (C=O) groups is 5. The van der Waals surface area contributed by atoms with E-state index < -0.39 is 47.6 Å². The van der Waals surface area contributed by atoms with Crippen LogP contribution in [-0.2, 0) is 30.4 Å². The van der Waals surface area contributed by atoms with Gasteiger partial charge in [0.2, 0.25) is 29.5 Å². The van der Waals surface area contributed by atoms with Gasteiger partial charge in [-0.2, -0.15) is 0 Å². The molecular weight excluding hydrogens is 559 g/mol. The lowest BCUT2D eigenvalue weighted by atomic mass is 10.1. The van der Waals surface area contributed by atoms with E-state index in [9.17, 15) is 28.4 Å². The Morgan fingerprint density at radius 2 is 1.85 bits per heavy atom. The van der Waals surface area contributed by atoms with Crippen LogP contribution < -0.4 is 27.3 Å². The van der Waals surface area contributed by atoms with E-state index in [1.54, 1.807) is 4.90 Å². The van der Waals surface area contributed by atoms with E-state index in [-0.39, 0.29) is 55.1 Å². The van der Waals surface area contributed by atoms with E-state index in [0.717, 1.165) is 6.07 Å². The number of nitrogens with one attached hydrogen (secondary N) is 1. The quantitative estimate of drug-likeness (QED) is 0.267. The lowest BCUT2D eigenvalue weighted by molar-refractivity contribution is -0.144. The molecule has 1 aromatic rings. The highest BCUT2D eigenvalue weighted by Gasteiger charge is 2.44. The summed E-state index contributed by atoms with van der Waals surface area (Å²) in [4.78, 5) is 64.1. The molecule has 1 aromatic carbocycles. The number of halogens is 2. The van der Waals surface area contributed by atoms with Crippen LogP contribution in [0.3, 0.4) is 0 Å². The number of ether oxygens (including phenoxy) is 1. The second kappa shape index (κ2) is 14.4. The molecule has 2 heterocycles. The normalized spacial score (nSPS) is 21.5. The van der Waals surface area contributed by atoms with Crippen molar-refractivity contribution in [2.45, 2.75) is 82.5 Å². The number of fused-ring (bicyclic) bond motifs is 1. The Kier molecular flexibility index (Phi) is 11.3. The van der Waals surface area contributed by atoms with Gasteiger partial charge in [0, 0.05) is 45.0 Å². The number of nitrogens with two attached hydrogens (primary N) is 3. The van der Waals surface area contributed by atoms with Crippen LogP contribution in [0.25, 0.3) is 0 Å². The Bertz CT molecular complexity index is 1170. The molecule has 2 fully saturated rings. The van der Waals surface area contributed by atoms with Gasteiger partial charge in [0.25, 0.3) is 0 Å². The number of benzene rings is 1. The van der Waals surface area contributed by atoms with Gasteiger partial charge in [0.1, 0.15) is 30.3 Å². The summed E-state index contributed by atoms with van der Waals surface area (Å²) in [5.41, 5.74) is 17.1. The van der Waals surface area contributed by atoms with Crippen molar-refractivity contribution < 1.29 is 33.1 Å². The minimum atomic E-state index is -0.962. The summed E-state index contributed by atoms with van der Waals surface area (Å²) in [6, 6.07) is -0.340. The second-order valence-corrected chi connectivity index (χ2v) is 10.9. The minimum absolute atomic E-state index is 0.0416. The third kappa shape index (κ3) is 8.77. The number of hydrogen-bond acceptors (Lipinski definition) is 7. The average Bonchev–Trinajstić information content (AvgIpc) is 3.31. The van der Waals surface area contributed by atoms with E-state index in [2.05, 4.69) is 5.32 Å². The number of rotatable bonds is 12. The Morgan fingerprint density at radius 3 is 2.51 bits per heavy atom. The summed E-state index contributed by atoms with van der Waals surface area (Å²) in [5, 5.41) is 3.01. The molecule has 226 valence electrons. The largest absolute Gasteiger partial charge is 0.490 e. The monoisotopic (exact) mass is 596 g/mol. The summed E-state index contributed by atoms with van der Waals surface area (Å²) in [7, 11) is 0. The van der Waals surface area contributed by atoms with Crippen molar-refractivity contribution >= 4 is 41.1 Å². The third-order valence-corrected chi connectivity index (χ3v) is 7.87. The zero-order valence-corrected chi connectivity index (χ0v) is 23.8. The number of nitrogens with zero attached hydrogens (tertiary/aromatic N) is 2. The van der Waals surface area contributed by atoms with E-state index in [0.29, 0.717) is 44.2 Å². The van der Waals surface area contributed by atoms with E-state index in [1.165, 1.54) is 17.9 Å². The predicted octanol–water partition coefficient (Wildman–Crippen LogP) is 0.355. The fourth-order valence-electron chi connectivity index (χ4n) is 5.31. The number of carbonyl (C=O) groups excluding carboxylic acids is 5. The van der Waals surface area contributed by atoms with Gasteiger partial charge in [-0.15, -0.1) is 0 Å². The number of amides is 5. The summed E-state index contributed by atoms with van der Waals surface area (Å²) in [6.45, 7) is 1.78. The van der Waals surface area contributed by atoms with E-state index >= 15 is 0 Å². The van der Waals surface area contributed by atoms with Crippen molar-refractivity contribution in [3.63, 3.8) is 0 Å². The smallest absolute Gasteiger partial charge is 0.243 e. The summed E-state index contributed by atoms with van der Waals surface area (Å²) in [6.07, 6.45) is 2.38. The molecule has 0 radical (unpaired) electrons. The van der Waals surface area contributed by atoms with Crippen molar-refractivity contribution in [3.05, 3.63) is 28.5 Å². The molecule has 2 aliphatic rings. The van der Waals surface area contributed by atoms with Crippen LogP contribution in [0, 0.1) is 5.82 Å². The van der Waals surface area contributed by atoms with Crippen molar-refractivity contribution in [1.29, 1.82) is 0 Å². The van der Waals surface area contributed by atoms with Gasteiger partial charge >= 0.3 is 0 Å². The van der Waals surface area contributed by atoms with Gasteiger partial charge in [-0.25, -0.2) is 4.39 Å². The summed E-state index contributed by atoms with van der Waals surface area (Å²) >= 11 is 6.43. The summed E-state index contributed by atoms with van der Waals surface area (Å²) in [5.74, 6) is -2.61. The fraction of sp³-hybridized carbons (Fsp3) is 0.593. The molecule has 7 N–H and O–H groups in total. The first-order valence-corrected chi connectivity index (χ1v) is 14.1. The average molecular weight is 597 g/mol. The maximum atomic E-state index is 14.3. The molecule has 2 aliphatic heterocycles. The van der Waals surface area contributed by atoms with Crippen molar-refractivity contribution in [1.82, 2.24) is 15.1 Å². The molecule has 14 heteroatoms. The maximum Gasteiger partial charge on any atom is 0.243 e. The maximum absolute atomic E-state index is 14.3. The molecule has 0 aliphatic carbocycles. The zero-order chi connectivity index (χ0) is 30.3. The molecular formula is C27H38ClFN6O6. The van der Waals surface area contributed by atoms with Crippen molar-refractivity contribution in [2.75, 3.05) is 19.7 Å². The third-order valence-electron chi connectivity index (χ3n) is 7.45. The van der Waals surface area contributed by atoms with Crippen molar-refractivity contribution in [2.24, 2.45) is 17.2 Å². The molecule has 0 aromatic heterocycles. The lowest BCUT2D eigenvalue weighted by Gasteiger charge is -2.37. The van der Waals surface area contributed by atoms with Gasteiger partial charge in [0.05, 0.1) is 11.1 Å². The molecule has 3 rings (SSSR count). The highest BCUT2D eigenvalue weighted by molar-refractivity contribution is 6.32. The molecule has 4 atom stereocenters. The molecule has 12 nitrogen and oxygen atoms in total. The number of aryl methyl sites for hydroxylation is 1. The first-order valence-electron chi connectivity index (χ1n) is 13.7. The standard InChI is InChI=1S/C27H38ClFN6O6/c1-15(36)34-10-9-19-6-7-21(35(19)27(40)20(30)13-34)26(39)33-18(5-8-24(32)38)14-41-22-12-17(29)11-16(25(22)28)3-2-4-23(31)37/h11-12,18-21H,2-10,13-14,30H2,1H3,(H2,31,37)(H2,32,38)(H,33,39)/t18-,19+,20-,21-/m0/s1. The van der Waals surface area contributed by atoms with Gasteiger partial charge in [-0.05, 0) is 50.2 Å². The summed E-state index contributed by atoms with van der Waals surface area (Å²) < 4.78 is 20.1. The molecule has 0 spiro atoms. The molecule has 41 heavy (non-hydrogen) atoms. The molecule has 5 amide bonds. The Labute approximate surface area is 243 Å². The molecule has 0 saturated carbocycles. The topological polar surface area (TPSA) is 191 Å². The van der Waals surface area contributed by atoms with Crippen LogP contribution in [0.2, 0.25) is 5.02 Å². The van der Waals surface area contributed by atoms with Gasteiger partial charge in [-0.3, -0.25) is 24.0 Å².